The van der Waals surface area contributed by atoms with Gasteiger partial charge in [0.15, 0.2) is 0 Å². The van der Waals surface area contributed by atoms with Crippen LogP contribution in [-0.4, -0.2) is 25.2 Å². The first-order valence-corrected chi connectivity index (χ1v) is 12.4. The van der Waals surface area contributed by atoms with Gasteiger partial charge in [-0.25, -0.2) is 8.42 Å². The molecule has 0 spiro atoms. The van der Waals surface area contributed by atoms with Gasteiger partial charge in [-0.15, -0.1) is 0 Å². The van der Waals surface area contributed by atoms with Crippen LogP contribution in [0.25, 0.3) is 0 Å². The molecule has 0 atom stereocenters. The molecular weight excluding hydrogens is 444 g/mol. The van der Waals surface area contributed by atoms with Crippen molar-refractivity contribution in [3.63, 3.8) is 0 Å². The number of carbonyl (C=O) groups excluding carboxylic acids is 1. The van der Waals surface area contributed by atoms with Crippen molar-refractivity contribution in [2.24, 2.45) is 0 Å². The van der Waals surface area contributed by atoms with Crippen molar-refractivity contribution < 1.29 is 13.2 Å². The lowest BCUT2D eigenvalue weighted by molar-refractivity contribution is 0.102. The van der Waals surface area contributed by atoms with Gasteiger partial charge in [0.2, 0.25) is 10.0 Å². The van der Waals surface area contributed by atoms with Crippen molar-refractivity contribution in [1.82, 2.24) is 4.31 Å². The summed E-state index contributed by atoms with van der Waals surface area (Å²) in [5.74, 6) is -0.222. The molecule has 1 amide bonds. The van der Waals surface area contributed by atoms with Crippen LogP contribution in [0.5, 0.6) is 0 Å². The number of nitrogens with zero attached hydrogens (tertiary/aromatic N) is 1. The van der Waals surface area contributed by atoms with E-state index in [9.17, 15) is 13.2 Å². The second-order valence-corrected chi connectivity index (χ2v) is 10.5. The second kappa shape index (κ2) is 9.06. The van der Waals surface area contributed by atoms with Crippen LogP contribution < -0.4 is 5.32 Å². The molecule has 32 heavy (non-hydrogen) atoms. The normalized spacial score (nSPS) is 14.2. The highest BCUT2D eigenvalue weighted by Gasteiger charge is 2.29. The van der Waals surface area contributed by atoms with E-state index in [1.807, 2.05) is 62.4 Å². The Balaban J connectivity index is 1.62. The van der Waals surface area contributed by atoms with Crippen LogP contribution in [0, 0.1) is 0 Å². The number of nitrogens with one attached hydrogen (secondary N) is 1. The molecule has 0 bridgehead atoms. The number of sulfonamides is 1. The number of halogens is 1. The van der Waals surface area contributed by atoms with Crippen LogP contribution in [0.15, 0.2) is 71.6 Å². The van der Waals surface area contributed by atoms with Gasteiger partial charge < -0.3 is 5.32 Å². The Hall–Kier alpha value is -2.67. The molecule has 0 unspecified atom stereocenters. The first-order chi connectivity index (χ1) is 15.3. The summed E-state index contributed by atoms with van der Waals surface area (Å²) < 4.78 is 28.1. The van der Waals surface area contributed by atoms with Crippen LogP contribution in [0.2, 0.25) is 5.02 Å². The Morgan fingerprint density at radius 3 is 2.44 bits per heavy atom. The van der Waals surface area contributed by atoms with Gasteiger partial charge in [-0.05, 0) is 53.3 Å². The molecule has 1 aliphatic heterocycles. The fourth-order valence-electron chi connectivity index (χ4n) is 3.97. The molecule has 166 valence electrons. The molecule has 1 aliphatic rings. The minimum atomic E-state index is -3.78. The van der Waals surface area contributed by atoms with Crippen LogP contribution >= 0.6 is 11.6 Å². The van der Waals surface area contributed by atoms with E-state index in [1.165, 1.54) is 28.1 Å². The zero-order chi connectivity index (χ0) is 22.9. The zero-order valence-corrected chi connectivity index (χ0v) is 19.6. The maximum absolute atomic E-state index is 13.3. The molecule has 0 aromatic heterocycles. The molecule has 0 aliphatic carbocycles. The van der Waals surface area contributed by atoms with Crippen molar-refractivity contribution in [1.29, 1.82) is 0 Å². The number of para-hydroxylation sites is 1. The highest BCUT2D eigenvalue weighted by Crippen LogP contribution is 2.29. The SMILES string of the molecule is CC(C)c1ccccc1NC(=O)c1cc(S(=O)(=O)N2CCc3ccccc3C2)ccc1Cl. The molecule has 1 N–H and O–H groups in total. The van der Waals surface area contributed by atoms with Crippen LogP contribution in [-0.2, 0) is 23.0 Å². The summed E-state index contributed by atoms with van der Waals surface area (Å²) in [6.45, 7) is 4.79. The number of hydrogen-bond acceptors (Lipinski definition) is 3. The number of benzene rings is 3. The lowest BCUT2D eigenvalue weighted by Crippen LogP contribution is -2.36. The van der Waals surface area contributed by atoms with Gasteiger partial charge in [0.05, 0.1) is 15.5 Å². The van der Waals surface area contributed by atoms with E-state index in [4.69, 9.17) is 11.6 Å². The predicted octanol–water partition coefficient (Wildman–Crippen LogP) is 5.46. The van der Waals surface area contributed by atoms with Gasteiger partial charge >= 0.3 is 0 Å². The molecule has 3 aromatic rings. The minimum absolute atomic E-state index is 0.0589. The van der Waals surface area contributed by atoms with Crippen LogP contribution in [0.1, 0.15) is 46.8 Å². The monoisotopic (exact) mass is 468 g/mol. The highest BCUT2D eigenvalue weighted by atomic mass is 35.5. The van der Waals surface area contributed by atoms with Gasteiger partial charge in [0, 0.05) is 18.8 Å². The number of carbonyl (C=O) groups is 1. The third kappa shape index (κ3) is 4.44. The average molecular weight is 469 g/mol. The van der Waals surface area contributed by atoms with E-state index in [2.05, 4.69) is 5.32 Å². The first-order valence-electron chi connectivity index (χ1n) is 10.5. The molecule has 0 fully saturated rings. The summed E-state index contributed by atoms with van der Waals surface area (Å²) in [7, 11) is -3.78. The second-order valence-electron chi connectivity index (χ2n) is 8.20. The lowest BCUT2D eigenvalue weighted by Gasteiger charge is -2.28. The molecule has 0 saturated carbocycles. The summed E-state index contributed by atoms with van der Waals surface area (Å²) >= 11 is 6.29. The van der Waals surface area contributed by atoms with E-state index < -0.39 is 15.9 Å². The van der Waals surface area contributed by atoms with E-state index in [0.29, 0.717) is 25.2 Å². The van der Waals surface area contributed by atoms with Crippen LogP contribution in [0.3, 0.4) is 0 Å². The van der Waals surface area contributed by atoms with Gasteiger partial charge in [-0.2, -0.15) is 4.31 Å². The summed E-state index contributed by atoms with van der Waals surface area (Å²) in [6.07, 6.45) is 0.655. The molecule has 7 heteroatoms. The van der Waals surface area contributed by atoms with Gasteiger partial charge in [-0.3, -0.25) is 4.79 Å². The van der Waals surface area contributed by atoms with Gasteiger partial charge in [-0.1, -0.05) is 67.9 Å². The Bertz CT molecular complexity index is 1270. The number of amides is 1. The fourth-order valence-corrected chi connectivity index (χ4v) is 5.62. The van der Waals surface area contributed by atoms with E-state index in [-0.39, 0.29) is 21.4 Å². The summed E-state index contributed by atoms with van der Waals surface area (Å²) in [6, 6.07) is 19.7. The van der Waals surface area contributed by atoms with Crippen molar-refractivity contribution in [2.45, 2.75) is 37.6 Å². The first kappa shape index (κ1) is 22.5. The number of rotatable bonds is 5. The van der Waals surface area contributed by atoms with Crippen LogP contribution in [0.4, 0.5) is 5.69 Å². The molecule has 4 rings (SSSR count). The summed E-state index contributed by atoms with van der Waals surface area (Å²) in [5.41, 5.74) is 3.97. The van der Waals surface area contributed by atoms with Crippen molar-refractivity contribution >= 4 is 33.2 Å². The number of fused-ring (bicyclic) bond motifs is 1. The van der Waals surface area contributed by atoms with E-state index in [0.717, 1.165) is 11.1 Å². The minimum Gasteiger partial charge on any atom is -0.322 e. The third-order valence-corrected chi connectivity index (χ3v) is 7.92. The van der Waals surface area contributed by atoms with Gasteiger partial charge in [0.1, 0.15) is 0 Å². The topological polar surface area (TPSA) is 66.5 Å². The highest BCUT2D eigenvalue weighted by molar-refractivity contribution is 7.89. The number of anilines is 1. The standard InChI is InChI=1S/C25H25ClN2O3S/c1-17(2)21-9-5-6-10-24(21)27-25(29)22-15-20(11-12-23(22)26)32(30,31)28-14-13-18-7-3-4-8-19(18)16-28/h3-12,15,17H,13-14,16H2,1-2H3,(H,27,29). The lowest BCUT2D eigenvalue weighted by atomic mass is 10.0. The average Bonchev–Trinajstić information content (AvgIpc) is 2.79. The predicted molar refractivity (Wildman–Crippen MR) is 128 cm³/mol. The Kier molecular flexibility index (Phi) is 6.38. The quantitative estimate of drug-likeness (QED) is 0.540. The fraction of sp³-hybridized carbons (Fsp3) is 0.240. The number of hydrogen-bond donors (Lipinski definition) is 1. The Labute approximate surface area is 194 Å². The van der Waals surface area contributed by atoms with E-state index in [1.54, 1.807) is 0 Å². The molecule has 1 heterocycles. The van der Waals surface area contributed by atoms with Gasteiger partial charge in [0.25, 0.3) is 5.91 Å². The summed E-state index contributed by atoms with van der Waals surface area (Å²) in [5, 5.41) is 3.09. The smallest absolute Gasteiger partial charge is 0.257 e. The molecule has 0 radical (unpaired) electrons. The zero-order valence-electron chi connectivity index (χ0n) is 18.0. The van der Waals surface area contributed by atoms with Crippen molar-refractivity contribution in [2.75, 3.05) is 11.9 Å². The maximum atomic E-state index is 13.3. The molecule has 3 aromatic carbocycles. The summed E-state index contributed by atoms with van der Waals surface area (Å²) in [4.78, 5) is 13.1. The van der Waals surface area contributed by atoms with Crippen molar-refractivity contribution in [3.8, 4) is 0 Å². The Morgan fingerprint density at radius 1 is 1.00 bits per heavy atom. The molecular formula is C25H25ClN2O3S. The van der Waals surface area contributed by atoms with E-state index >= 15 is 0 Å². The largest absolute Gasteiger partial charge is 0.322 e. The molecule has 5 nitrogen and oxygen atoms in total. The third-order valence-electron chi connectivity index (χ3n) is 5.75. The Morgan fingerprint density at radius 2 is 1.69 bits per heavy atom. The molecule has 0 saturated heterocycles. The van der Waals surface area contributed by atoms with Crippen molar-refractivity contribution in [3.05, 3.63) is 94.0 Å². The maximum Gasteiger partial charge on any atom is 0.257 e.